The van der Waals surface area contributed by atoms with E-state index in [9.17, 15) is 4.79 Å². The van der Waals surface area contributed by atoms with E-state index in [1.165, 1.54) is 0 Å². The summed E-state index contributed by atoms with van der Waals surface area (Å²) in [7, 11) is 0. The summed E-state index contributed by atoms with van der Waals surface area (Å²) in [6.45, 7) is 2.00. The SMILES string of the molecule is O=C(CCC1CCCO1)N1CCCC1CCCO. The van der Waals surface area contributed by atoms with E-state index >= 15 is 0 Å². The molecule has 2 heterocycles. The predicted octanol–water partition coefficient (Wildman–Crippen LogP) is 1.71. The molecule has 2 rings (SSSR count). The summed E-state index contributed by atoms with van der Waals surface area (Å²) in [5.41, 5.74) is 0. The highest BCUT2D eigenvalue weighted by Crippen LogP contribution is 2.24. The Kier molecular flexibility index (Phi) is 5.45. The predicted molar refractivity (Wildman–Crippen MR) is 69.3 cm³/mol. The number of nitrogens with zero attached hydrogens (tertiary/aromatic N) is 1. The minimum atomic E-state index is 0.231. The lowest BCUT2D eigenvalue weighted by Crippen LogP contribution is -2.35. The van der Waals surface area contributed by atoms with Crippen molar-refractivity contribution < 1.29 is 14.6 Å². The molecule has 0 aromatic carbocycles. The van der Waals surface area contributed by atoms with Gasteiger partial charge in [0.05, 0.1) is 6.10 Å². The monoisotopic (exact) mass is 255 g/mol. The number of likely N-dealkylation sites (tertiary alicyclic amines) is 1. The Morgan fingerprint density at radius 2 is 2.17 bits per heavy atom. The third kappa shape index (κ3) is 3.69. The van der Waals surface area contributed by atoms with Crippen LogP contribution in [0, 0.1) is 0 Å². The van der Waals surface area contributed by atoms with Crippen LogP contribution in [0.1, 0.15) is 51.4 Å². The van der Waals surface area contributed by atoms with Crippen molar-refractivity contribution in [1.29, 1.82) is 0 Å². The number of aliphatic hydroxyl groups is 1. The molecule has 0 radical (unpaired) electrons. The van der Waals surface area contributed by atoms with E-state index in [1.54, 1.807) is 0 Å². The summed E-state index contributed by atoms with van der Waals surface area (Å²) < 4.78 is 5.55. The fourth-order valence-electron chi connectivity index (χ4n) is 3.09. The first-order valence-electron chi connectivity index (χ1n) is 7.33. The van der Waals surface area contributed by atoms with Gasteiger partial charge in [-0.15, -0.1) is 0 Å². The first-order chi connectivity index (χ1) is 8.81. The third-order valence-electron chi connectivity index (χ3n) is 4.10. The minimum Gasteiger partial charge on any atom is -0.396 e. The summed E-state index contributed by atoms with van der Waals surface area (Å²) in [6, 6.07) is 0.370. The fraction of sp³-hybridized carbons (Fsp3) is 0.929. The van der Waals surface area contributed by atoms with Crippen LogP contribution in [0.25, 0.3) is 0 Å². The van der Waals surface area contributed by atoms with Crippen molar-refractivity contribution in [2.45, 2.75) is 63.5 Å². The molecule has 104 valence electrons. The largest absolute Gasteiger partial charge is 0.396 e. The van der Waals surface area contributed by atoms with Crippen molar-refractivity contribution in [2.75, 3.05) is 19.8 Å². The normalized spacial score (nSPS) is 27.9. The van der Waals surface area contributed by atoms with Crippen molar-refractivity contribution in [3.05, 3.63) is 0 Å². The van der Waals surface area contributed by atoms with Gasteiger partial charge in [0.2, 0.25) is 5.91 Å². The maximum absolute atomic E-state index is 12.2. The zero-order valence-electron chi connectivity index (χ0n) is 11.1. The second-order valence-corrected chi connectivity index (χ2v) is 5.42. The number of amides is 1. The van der Waals surface area contributed by atoms with E-state index in [0.29, 0.717) is 18.6 Å². The highest BCUT2D eigenvalue weighted by molar-refractivity contribution is 5.76. The number of carbonyl (C=O) groups excluding carboxylic acids is 1. The number of rotatable bonds is 6. The lowest BCUT2D eigenvalue weighted by Gasteiger charge is -2.25. The van der Waals surface area contributed by atoms with Crippen LogP contribution in [0.4, 0.5) is 0 Å². The quantitative estimate of drug-likeness (QED) is 0.786. The molecule has 2 unspecified atom stereocenters. The van der Waals surface area contributed by atoms with Crippen LogP contribution >= 0.6 is 0 Å². The Morgan fingerprint density at radius 1 is 1.28 bits per heavy atom. The van der Waals surface area contributed by atoms with Crippen LogP contribution in [0.2, 0.25) is 0 Å². The number of ether oxygens (including phenoxy) is 1. The van der Waals surface area contributed by atoms with Crippen LogP contribution in [-0.2, 0) is 9.53 Å². The maximum Gasteiger partial charge on any atom is 0.222 e. The van der Waals surface area contributed by atoms with Gasteiger partial charge >= 0.3 is 0 Å². The first kappa shape index (κ1) is 13.8. The summed E-state index contributed by atoms with van der Waals surface area (Å²) in [4.78, 5) is 14.2. The van der Waals surface area contributed by atoms with E-state index in [2.05, 4.69) is 0 Å². The molecule has 0 aromatic heterocycles. The van der Waals surface area contributed by atoms with Gasteiger partial charge in [0, 0.05) is 32.2 Å². The van der Waals surface area contributed by atoms with Crippen molar-refractivity contribution in [1.82, 2.24) is 4.90 Å². The second kappa shape index (κ2) is 7.10. The van der Waals surface area contributed by atoms with Gasteiger partial charge in [-0.3, -0.25) is 4.79 Å². The molecule has 2 saturated heterocycles. The van der Waals surface area contributed by atoms with Gasteiger partial charge < -0.3 is 14.7 Å². The Balaban J connectivity index is 1.72. The van der Waals surface area contributed by atoms with Gasteiger partial charge in [0.25, 0.3) is 0 Å². The van der Waals surface area contributed by atoms with Crippen molar-refractivity contribution in [3.63, 3.8) is 0 Å². The van der Waals surface area contributed by atoms with Gasteiger partial charge in [-0.1, -0.05) is 0 Å². The number of aliphatic hydroxyl groups excluding tert-OH is 1. The van der Waals surface area contributed by atoms with E-state index in [1.807, 2.05) is 4.90 Å². The standard InChI is InChI=1S/C14H25NO3/c16-10-2-5-12-4-1-9-15(12)14(17)8-7-13-6-3-11-18-13/h12-13,16H,1-11H2. The van der Waals surface area contributed by atoms with Crippen LogP contribution in [-0.4, -0.2) is 47.8 Å². The molecule has 0 aromatic rings. The highest BCUT2D eigenvalue weighted by Gasteiger charge is 2.28. The van der Waals surface area contributed by atoms with E-state index in [0.717, 1.165) is 58.1 Å². The highest BCUT2D eigenvalue weighted by atomic mass is 16.5. The molecular weight excluding hydrogens is 230 g/mol. The molecule has 4 heteroatoms. The summed E-state index contributed by atoms with van der Waals surface area (Å²) in [6.07, 6.45) is 8.04. The first-order valence-corrected chi connectivity index (χ1v) is 7.33. The average Bonchev–Trinajstić information content (AvgIpc) is 3.04. The summed E-state index contributed by atoms with van der Waals surface area (Å²) in [5.74, 6) is 0.283. The van der Waals surface area contributed by atoms with E-state index in [-0.39, 0.29) is 12.5 Å². The lowest BCUT2D eigenvalue weighted by atomic mass is 10.1. The molecule has 2 aliphatic heterocycles. The average molecular weight is 255 g/mol. The van der Waals surface area contributed by atoms with Gasteiger partial charge in [0.15, 0.2) is 0 Å². The van der Waals surface area contributed by atoms with E-state index in [4.69, 9.17) is 9.84 Å². The van der Waals surface area contributed by atoms with Crippen LogP contribution in [0.5, 0.6) is 0 Å². The number of hydrogen-bond donors (Lipinski definition) is 1. The Labute approximate surface area is 109 Å². The van der Waals surface area contributed by atoms with E-state index < -0.39 is 0 Å². The molecule has 0 aliphatic carbocycles. The van der Waals surface area contributed by atoms with Gasteiger partial charge in [-0.25, -0.2) is 0 Å². The van der Waals surface area contributed by atoms with Crippen molar-refractivity contribution in [2.24, 2.45) is 0 Å². The third-order valence-corrected chi connectivity index (χ3v) is 4.10. The number of hydrogen-bond acceptors (Lipinski definition) is 3. The fourth-order valence-corrected chi connectivity index (χ4v) is 3.09. The lowest BCUT2D eigenvalue weighted by molar-refractivity contribution is -0.132. The molecule has 1 N–H and O–H groups in total. The Hall–Kier alpha value is -0.610. The molecule has 2 fully saturated rings. The topological polar surface area (TPSA) is 49.8 Å². The van der Waals surface area contributed by atoms with Crippen LogP contribution < -0.4 is 0 Å². The molecule has 4 nitrogen and oxygen atoms in total. The molecule has 0 spiro atoms. The Bertz CT molecular complexity index is 264. The van der Waals surface area contributed by atoms with Gasteiger partial charge in [-0.2, -0.15) is 0 Å². The van der Waals surface area contributed by atoms with Crippen LogP contribution in [0.15, 0.2) is 0 Å². The zero-order chi connectivity index (χ0) is 12.8. The molecule has 0 bridgehead atoms. The molecule has 2 atom stereocenters. The zero-order valence-corrected chi connectivity index (χ0v) is 11.1. The number of carbonyl (C=O) groups is 1. The van der Waals surface area contributed by atoms with Gasteiger partial charge in [-0.05, 0) is 44.9 Å². The smallest absolute Gasteiger partial charge is 0.222 e. The minimum absolute atomic E-state index is 0.231. The van der Waals surface area contributed by atoms with Crippen molar-refractivity contribution in [3.8, 4) is 0 Å². The molecule has 18 heavy (non-hydrogen) atoms. The van der Waals surface area contributed by atoms with Gasteiger partial charge in [0.1, 0.15) is 0 Å². The molecule has 2 aliphatic rings. The Morgan fingerprint density at radius 3 is 2.89 bits per heavy atom. The van der Waals surface area contributed by atoms with Crippen molar-refractivity contribution >= 4 is 5.91 Å². The summed E-state index contributed by atoms with van der Waals surface area (Å²) in [5, 5.41) is 8.88. The molecule has 0 saturated carbocycles. The second-order valence-electron chi connectivity index (χ2n) is 5.42. The molecular formula is C14H25NO3. The molecule has 1 amide bonds. The van der Waals surface area contributed by atoms with Crippen LogP contribution in [0.3, 0.4) is 0 Å². The summed E-state index contributed by atoms with van der Waals surface area (Å²) >= 11 is 0. The maximum atomic E-state index is 12.2.